The third-order valence-corrected chi connectivity index (χ3v) is 3.06. The van der Waals surface area contributed by atoms with Crippen LogP contribution in [-0.4, -0.2) is 22.2 Å². The Morgan fingerprint density at radius 1 is 1.12 bits per heavy atom. The minimum atomic E-state index is -1.50. The molecule has 1 rings (SSSR count). The van der Waals surface area contributed by atoms with Crippen molar-refractivity contribution in [2.24, 2.45) is 5.92 Å². The molecule has 0 amide bonds. The van der Waals surface area contributed by atoms with Crippen molar-refractivity contribution in [1.82, 2.24) is 0 Å². The van der Waals surface area contributed by atoms with Gasteiger partial charge in [-0.15, -0.1) is 0 Å². The molecule has 1 aromatic rings. The van der Waals surface area contributed by atoms with Crippen LogP contribution in [0, 0.1) is 5.92 Å². The largest absolute Gasteiger partial charge is 0.481 e. The minimum absolute atomic E-state index is 0.520. The average molecular weight is 257 g/mol. The lowest BCUT2D eigenvalue weighted by atomic mass is 9.73. The molecule has 0 spiro atoms. The highest BCUT2D eigenvalue weighted by molar-refractivity contribution is 6.30. The second-order valence-electron chi connectivity index (χ2n) is 4.34. The number of halogens is 1. The molecule has 4 nitrogen and oxygen atoms in total. The highest BCUT2D eigenvalue weighted by Crippen LogP contribution is 2.33. The van der Waals surface area contributed by atoms with Gasteiger partial charge in [-0.3, -0.25) is 9.59 Å². The van der Waals surface area contributed by atoms with Crippen LogP contribution in [0.3, 0.4) is 0 Å². The Hall–Kier alpha value is -1.55. The van der Waals surface area contributed by atoms with E-state index in [-0.39, 0.29) is 0 Å². The van der Waals surface area contributed by atoms with E-state index in [0.717, 1.165) is 0 Å². The molecule has 0 radical (unpaired) electrons. The Kier molecular flexibility index (Phi) is 3.78. The van der Waals surface area contributed by atoms with E-state index in [2.05, 4.69) is 0 Å². The molecule has 0 aliphatic carbocycles. The maximum atomic E-state index is 11.0. The summed E-state index contributed by atoms with van der Waals surface area (Å²) < 4.78 is 0. The van der Waals surface area contributed by atoms with Crippen LogP contribution in [0.5, 0.6) is 0 Å². The SMILES string of the molecule is CC(C)(c1ccc(Cl)cc1)C(C(=O)O)C(=O)O. The summed E-state index contributed by atoms with van der Waals surface area (Å²) in [6.45, 7) is 3.17. The molecule has 17 heavy (non-hydrogen) atoms. The Balaban J connectivity index is 3.20. The zero-order valence-electron chi connectivity index (χ0n) is 9.48. The number of carboxylic acids is 2. The van der Waals surface area contributed by atoms with Crippen LogP contribution in [0.1, 0.15) is 19.4 Å². The first-order valence-corrected chi connectivity index (χ1v) is 5.36. The molecule has 0 atom stereocenters. The van der Waals surface area contributed by atoms with Crippen LogP contribution in [0.25, 0.3) is 0 Å². The van der Waals surface area contributed by atoms with E-state index in [1.54, 1.807) is 38.1 Å². The number of aliphatic carboxylic acids is 2. The van der Waals surface area contributed by atoms with Crippen LogP contribution in [0.2, 0.25) is 5.02 Å². The third-order valence-electron chi connectivity index (χ3n) is 2.80. The van der Waals surface area contributed by atoms with E-state index in [1.807, 2.05) is 0 Å². The van der Waals surface area contributed by atoms with Crippen LogP contribution >= 0.6 is 11.6 Å². The molecule has 0 bridgehead atoms. The van der Waals surface area contributed by atoms with Crippen molar-refractivity contribution in [2.75, 3.05) is 0 Å². The van der Waals surface area contributed by atoms with E-state index in [4.69, 9.17) is 21.8 Å². The number of benzene rings is 1. The van der Waals surface area contributed by atoms with Crippen molar-refractivity contribution in [3.05, 3.63) is 34.9 Å². The first kappa shape index (κ1) is 13.5. The standard InChI is InChI=1S/C12H13ClO4/c1-12(2,9(10(14)15)11(16)17)7-3-5-8(13)6-4-7/h3-6,9H,1-2H3,(H,14,15)(H,16,17). The normalized spacial score (nSPS) is 11.5. The highest BCUT2D eigenvalue weighted by atomic mass is 35.5. The number of hydrogen-bond donors (Lipinski definition) is 2. The summed E-state index contributed by atoms with van der Waals surface area (Å²) in [6.07, 6.45) is 0. The van der Waals surface area contributed by atoms with Crippen LogP contribution in [0.15, 0.2) is 24.3 Å². The molecule has 0 aromatic heterocycles. The van der Waals surface area contributed by atoms with Crippen LogP contribution < -0.4 is 0 Å². The molecule has 0 saturated carbocycles. The van der Waals surface area contributed by atoms with Crippen LogP contribution in [0.4, 0.5) is 0 Å². The summed E-state index contributed by atoms with van der Waals surface area (Å²) in [5.41, 5.74) is -0.390. The lowest BCUT2D eigenvalue weighted by Gasteiger charge is -2.29. The minimum Gasteiger partial charge on any atom is -0.481 e. The molecule has 0 fully saturated rings. The lowest BCUT2D eigenvalue weighted by molar-refractivity contribution is -0.157. The molecule has 0 heterocycles. The summed E-state index contributed by atoms with van der Waals surface area (Å²) in [6, 6.07) is 6.50. The van der Waals surface area contributed by atoms with Gasteiger partial charge < -0.3 is 10.2 Å². The monoisotopic (exact) mass is 256 g/mol. The molecule has 0 saturated heterocycles. The molecular weight excluding hydrogens is 244 g/mol. The molecular formula is C12H13ClO4. The molecule has 0 aliphatic heterocycles. The van der Waals surface area contributed by atoms with Crippen molar-refractivity contribution >= 4 is 23.5 Å². The second kappa shape index (κ2) is 4.75. The van der Waals surface area contributed by atoms with Gasteiger partial charge in [-0.1, -0.05) is 37.6 Å². The van der Waals surface area contributed by atoms with Gasteiger partial charge in [0.15, 0.2) is 5.92 Å². The summed E-state index contributed by atoms with van der Waals surface area (Å²) in [5.74, 6) is -4.20. The maximum Gasteiger partial charge on any atom is 0.318 e. The number of carboxylic acid groups (broad SMARTS) is 2. The van der Waals surface area contributed by atoms with E-state index in [1.165, 1.54) is 0 Å². The summed E-state index contributed by atoms with van der Waals surface area (Å²) >= 11 is 5.73. The fourth-order valence-corrected chi connectivity index (χ4v) is 1.90. The first-order valence-electron chi connectivity index (χ1n) is 4.98. The summed E-state index contributed by atoms with van der Waals surface area (Å²) in [4.78, 5) is 22.0. The molecule has 0 unspecified atom stereocenters. The van der Waals surface area contributed by atoms with Crippen molar-refractivity contribution in [2.45, 2.75) is 19.3 Å². The lowest BCUT2D eigenvalue weighted by Crippen LogP contribution is -2.40. The smallest absolute Gasteiger partial charge is 0.318 e. The van der Waals surface area contributed by atoms with Gasteiger partial charge in [-0.25, -0.2) is 0 Å². The fourth-order valence-electron chi connectivity index (χ4n) is 1.77. The zero-order valence-corrected chi connectivity index (χ0v) is 10.2. The molecule has 1 aromatic carbocycles. The third kappa shape index (κ3) is 2.77. The van der Waals surface area contributed by atoms with E-state index in [0.29, 0.717) is 10.6 Å². The van der Waals surface area contributed by atoms with Crippen molar-refractivity contribution in [3.63, 3.8) is 0 Å². The quantitative estimate of drug-likeness (QED) is 0.811. The zero-order chi connectivity index (χ0) is 13.2. The Morgan fingerprint density at radius 3 is 1.88 bits per heavy atom. The molecule has 92 valence electrons. The molecule has 0 aliphatic rings. The first-order chi connectivity index (χ1) is 7.76. The highest BCUT2D eigenvalue weighted by Gasteiger charge is 2.42. The number of carbonyl (C=O) groups is 2. The van der Waals surface area contributed by atoms with E-state index < -0.39 is 23.3 Å². The van der Waals surface area contributed by atoms with Gasteiger partial charge in [0.2, 0.25) is 0 Å². The van der Waals surface area contributed by atoms with Crippen molar-refractivity contribution in [1.29, 1.82) is 0 Å². The van der Waals surface area contributed by atoms with Crippen molar-refractivity contribution < 1.29 is 19.8 Å². The molecule has 2 N–H and O–H groups in total. The van der Waals surface area contributed by atoms with Gasteiger partial charge in [-0.05, 0) is 17.7 Å². The van der Waals surface area contributed by atoms with Gasteiger partial charge in [0.1, 0.15) is 0 Å². The Bertz CT molecular complexity index is 422. The van der Waals surface area contributed by atoms with Gasteiger partial charge >= 0.3 is 11.9 Å². The summed E-state index contributed by atoms with van der Waals surface area (Å²) in [7, 11) is 0. The fraction of sp³-hybridized carbons (Fsp3) is 0.333. The Morgan fingerprint density at radius 2 is 1.53 bits per heavy atom. The number of rotatable bonds is 4. The topological polar surface area (TPSA) is 74.6 Å². The maximum absolute atomic E-state index is 11.0. The van der Waals surface area contributed by atoms with Crippen LogP contribution in [-0.2, 0) is 15.0 Å². The van der Waals surface area contributed by atoms with Gasteiger partial charge in [0.25, 0.3) is 0 Å². The predicted molar refractivity (Wildman–Crippen MR) is 63.2 cm³/mol. The predicted octanol–water partition coefficient (Wildman–Crippen LogP) is 2.40. The second-order valence-corrected chi connectivity index (χ2v) is 4.77. The van der Waals surface area contributed by atoms with Crippen molar-refractivity contribution in [3.8, 4) is 0 Å². The molecule has 5 heteroatoms. The van der Waals surface area contributed by atoms with Gasteiger partial charge in [0.05, 0.1) is 0 Å². The summed E-state index contributed by atoms with van der Waals surface area (Å²) in [5, 5.41) is 18.5. The number of hydrogen-bond acceptors (Lipinski definition) is 2. The average Bonchev–Trinajstić information content (AvgIpc) is 2.16. The van der Waals surface area contributed by atoms with Gasteiger partial charge in [-0.2, -0.15) is 0 Å². The van der Waals surface area contributed by atoms with E-state index >= 15 is 0 Å². The van der Waals surface area contributed by atoms with E-state index in [9.17, 15) is 9.59 Å². The Labute approximate surface area is 104 Å². The van der Waals surface area contributed by atoms with Gasteiger partial charge in [0, 0.05) is 10.4 Å².